The first kappa shape index (κ1) is 20.5. The van der Waals surface area contributed by atoms with Crippen molar-refractivity contribution >= 4 is 22.7 Å². The van der Waals surface area contributed by atoms with E-state index in [9.17, 15) is 10.1 Å². The number of azo groups is 1. The molecule has 7 nitrogen and oxygen atoms in total. The fourth-order valence-electron chi connectivity index (χ4n) is 2.65. The summed E-state index contributed by atoms with van der Waals surface area (Å²) in [4.78, 5) is 12.4. The SMILES string of the molecule is CN(CCCCCCCO)c1ccc(N=Nc2ccc([N+](=O)[O-])cc2)cc1. The van der Waals surface area contributed by atoms with Crippen LogP contribution in [-0.4, -0.2) is 30.2 Å². The van der Waals surface area contributed by atoms with Crippen molar-refractivity contribution in [3.05, 3.63) is 58.6 Å². The Morgan fingerprint density at radius 1 is 0.889 bits per heavy atom. The standard InChI is InChI=1S/C20H26N4O3/c1-23(15-5-3-2-4-6-16-25)19-11-7-17(8-12-19)21-22-18-9-13-20(14-10-18)24(26)27/h7-14,25H,2-6,15-16H2,1H3. The van der Waals surface area contributed by atoms with Crippen LogP contribution in [0.1, 0.15) is 32.1 Å². The third kappa shape index (κ3) is 7.15. The van der Waals surface area contributed by atoms with Gasteiger partial charge in [0.2, 0.25) is 0 Å². The van der Waals surface area contributed by atoms with Gasteiger partial charge < -0.3 is 10.0 Å². The maximum absolute atomic E-state index is 10.6. The molecule has 0 fully saturated rings. The highest BCUT2D eigenvalue weighted by molar-refractivity contribution is 5.52. The smallest absolute Gasteiger partial charge is 0.269 e. The number of anilines is 1. The predicted octanol–water partition coefficient (Wildman–Crippen LogP) is 5.39. The van der Waals surface area contributed by atoms with E-state index >= 15 is 0 Å². The molecule has 7 heteroatoms. The third-order valence-corrected chi connectivity index (χ3v) is 4.28. The summed E-state index contributed by atoms with van der Waals surface area (Å²) < 4.78 is 0. The van der Waals surface area contributed by atoms with Gasteiger partial charge in [-0.2, -0.15) is 10.2 Å². The van der Waals surface area contributed by atoms with Gasteiger partial charge in [0.05, 0.1) is 16.3 Å². The van der Waals surface area contributed by atoms with Gasteiger partial charge in [0.25, 0.3) is 5.69 Å². The molecule has 1 N–H and O–H groups in total. The Morgan fingerprint density at radius 3 is 1.96 bits per heavy atom. The maximum Gasteiger partial charge on any atom is 0.269 e. The molecule has 27 heavy (non-hydrogen) atoms. The lowest BCUT2D eigenvalue weighted by Gasteiger charge is -2.19. The molecule has 0 bridgehead atoms. The lowest BCUT2D eigenvalue weighted by molar-refractivity contribution is -0.384. The van der Waals surface area contributed by atoms with Crippen molar-refractivity contribution in [1.29, 1.82) is 0 Å². The minimum atomic E-state index is -0.439. The summed E-state index contributed by atoms with van der Waals surface area (Å²) in [5.74, 6) is 0. The summed E-state index contributed by atoms with van der Waals surface area (Å²) in [7, 11) is 2.07. The number of rotatable bonds is 11. The van der Waals surface area contributed by atoms with Crippen molar-refractivity contribution in [2.75, 3.05) is 25.1 Å². The number of benzene rings is 2. The van der Waals surface area contributed by atoms with Crippen molar-refractivity contribution < 1.29 is 10.0 Å². The largest absolute Gasteiger partial charge is 0.396 e. The molecule has 0 saturated carbocycles. The predicted molar refractivity (Wildman–Crippen MR) is 107 cm³/mol. The van der Waals surface area contributed by atoms with Crippen LogP contribution >= 0.6 is 0 Å². The Morgan fingerprint density at radius 2 is 1.41 bits per heavy atom. The van der Waals surface area contributed by atoms with Gasteiger partial charge in [0.1, 0.15) is 0 Å². The van der Waals surface area contributed by atoms with E-state index in [1.54, 1.807) is 12.1 Å². The van der Waals surface area contributed by atoms with Gasteiger partial charge in [-0.05, 0) is 49.2 Å². The summed E-state index contributed by atoms with van der Waals surface area (Å²) in [6.07, 6.45) is 5.45. The van der Waals surface area contributed by atoms with E-state index in [4.69, 9.17) is 5.11 Å². The first-order valence-electron chi connectivity index (χ1n) is 9.18. The second-order valence-corrected chi connectivity index (χ2v) is 6.40. The van der Waals surface area contributed by atoms with Crippen LogP contribution in [0.25, 0.3) is 0 Å². The molecular weight excluding hydrogens is 344 g/mol. The molecule has 0 saturated heterocycles. The lowest BCUT2D eigenvalue weighted by atomic mass is 10.1. The van der Waals surface area contributed by atoms with Gasteiger partial charge in [-0.25, -0.2) is 0 Å². The van der Waals surface area contributed by atoms with E-state index < -0.39 is 4.92 Å². The number of aliphatic hydroxyl groups excluding tert-OH is 1. The molecule has 144 valence electrons. The Balaban J connectivity index is 1.82. The zero-order valence-corrected chi connectivity index (χ0v) is 15.6. The number of unbranched alkanes of at least 4 members (excludes halogenated alkanes) is 4. The van der Waals surface area contributed by atoms with Crippen LogP contribution in [0.2, 0.25) is 0 Å². The zero-order valence-electron chi connectivity index (χ0n) is 15.6. The minimum absolute atomic E-state index is 0.0368. The number of nitro groups is 1. The van der Waals surface area contributed by atoms with Gasteiger partial charge >= 0.3 is 0 Å². The van der Waals surface area contributed by atoms with E-state index in [0.29, 0.717) is 5.69 Å². The van der Waals surface area contributed by atoms with Crippen LogP contribution in [0.15, 0.2) is 58.8 Å². The topological polar surface area (TPSA) is 91.3 Å². The van der Waals surface area contributed by atoms with Crippen LogP contribution < -0.4 is 4.90 Å². The first-order valence-corrected chi connectivity index (χ1v) is 9.18. The second kappa shape index (κ2) is 11.0. The molecule has 0 aromatic heterocycles. The number of non-ortho nitro benzene ring substituents is 1. The van der Waals surface area contributed by atoms with Crippen LogP contribution in [0.5, 0.6) is 0 Å². The first-order chi connectivity index (χ1) is 13.1. The van der Waals surface area contributed by atoms with Crippen molar-refractivity contribution in [2.24, 2.45) is 10.2 Å². The molecule has 0 aliphatic carbocycles. The molecule has 0 heterocycles. The number of aliphatic hydroxyl groups is 1. The number of nitrogens with zero attached hydrogens (tertiary/aromatic N) is 4. The van der Waals surface area contributed by atoms with Gasteiger partial charge in [0, 0.05) is 38.0 Å². The Bertz CT molecular complexity index is 730. The molecule has 0 unspecified atom stereocenters. The van der Waals surface area contributed by atoms with E-state index in [2.05, 4.69) is 22.2 Å². The monoisotopic (exact) mass is 370 g/mol. The summed E-state index contributed by atoms with van der Waals surface area (Å²) in [5, 5.41) is 27.7. The number of nitro benzene ring substituents is 1. The Kier molecular flexibility index (Phi) is 8.38. The number of hydrogen-bond donors (Lipinski definition) is 1. The van der Waals surface area contributed by atoms with E-state index in [-0.39, 0.29) is 12.3 Å². The molecule has 0 aliphatic rings. The molecule has 2 aromatic rings. The van der Waals surface area contributed by atoms with Gasteiger partial charge in [-0.15, -0.1) is 0 Å². The fourth-order valence-corrected chi connectivity index (χ4v) is 2.65. The number of hydrogen-bond acceptors (Lipinski definition) is 6. The summed E-state index contributed by atoms with van der Waals surface area (Å²) in [6.45, 7) is 1.27. The van der Waals surface area contributed by atoms with Crippen molar-refractivity contribution in [3.8, 4) is 0 Å². The average Bonchev–Trinajstić information content (AvgIpc) is 2.69. The highest BCUT2D eigenvalue weighted by Crippen LogP contribution is 2.23. The molecule has 0 amide bonds. The van der Waals surface area contributed by atoms with E-state index in [1.807, 2.05) is 24.3 Å². The summed E-state index contributed by atoms with van der Waals surface area (Å²) >= 11 is 0. The molecular formula is C20H26N4O3. The Labute approximate surface area is 159 Å². The van der Waals surface area contributed by atoms with Gasteiger partial charge in [-0.3, -0.25) is 10.1 Å². The normalized spacial score (nSPS) is 11.0. The molecule has 0 aliphatic heterocycles. The molecule has 0 radical (unpaired) electrons. The average molecular weight is 370 g/mol. The molecule has 2 aromatic carbocycles. The van der Waals surface area contributed by atoms with Crippen molar-refractivity contribution in [1.82, 2.24) is 0 Å². The van der Waals surface area contributed by atoms with E-state index in [0.717, 1.165) is 43.6 Å². The van der Waals surface area contributed by atoms with Gasteiger partial charge in [0.15, 0.2) is 0 Å². The van der Waals surface area contributed by atoms with Crippen LogP contribution in [0.4, 0.5) is 22.7 Å². The van der Waals surface area contributed by atoms with Crippen LogP contribution in [0, 0.1) is 10.1 Å². The second-order valence-electron chi connectivity index (χ2n) is 6.40. The van der Waals surface area contributed by atoms with Crippen LogP contribution in [0.3, 0.4) is 0 Å². The maximum atomic E-state index is 10.6. The van der Waals surface area contributed by atoms with Crippen molar-refractivity contribution in [2.45, 2.75) is 32.1 Å². The van der Waals surface area contributed by atoms with Gasteiger partial charge in [-0.1, -0.05) is 19.3 Å². The van der Waals surface area contributed by atoms with Crippen molar-refractivity contribution in [3.63, 3.8) is 0 Å². The molecule has 0 atom stereocenters. The lowest BCUT2D eigenvalue weighted by Crippen LogP contribution is -2.18. The third-order valence-electron chi connectivity index (χ3n) is 4.28. The van der Waals surface area contributed by atoms with Crippen LogP contribution in [-0.2, 0) is 0 Å². The fraction of sp³-hybridized carbons (Fsp3) is 0.400. The highest BCUT2D eigenvalue weighted by atomic mass is 16.6. The Hall–Kier alpha value is -2.80. The quantitative estimate of drug-likeness (QED) is 0.248. The minimum Gasteiger partial charge on any atom is -0.396 e. The zero-order chi connectivity index (χ0) is 19.5. The summed E-state index contributed by atoms with van der Waals surface area (Å²) in [5.41, 5.74) is 2.46. The molecule has 2 rings (SSSR count). The highest BCUT2D eigenvalue weighted by Gasteiger charge is 2.04. The van der Waals surface area contributed by atoms with E-state index in [1.165, 1.54) is 18.6 Å². The summed E-state index contributed by atoms with van der Waals surface area (Å²) in [6, 6.07) is 13.8. The molecule has 0 spiro atoms.